The Hall–Kier alpha value is -2.82. The van der Waals surface area contributed by atoms with E-state index in [9.17, 15) is 9.59 Å². The maximum absolute atomic E-state index is 12.0. The van der Waals surface area contributed by atoms with Crippen molar-refractivity contribution in [2.45, 2.75) is 18.4 Å². The number of carboxylic acid groups (broad SMARTS) is 1. The quantitative estimate of drug-likeness (QED) is 0.811. The molecule has 0 spiro atoms. The molecule has 0 radical (unpaired) electrons. The molecule has 0 saturated heterocycles. The minimum absolute atomic E-state index is 0.00209. The molecular formula is C17H16N2O3. The molecular weight excluding hydrogens is 280 g/mol. The molecule has 1 aliphatic carbocycles. The summed E-state index contributed by atoms with van der Waals surface area (Å²) in [6.07, 6.45) is -0.165. The van der Waals surface area contributed by atoms with Crippen molar-refractivity contribution in [1.82, 2.24) is 5.32 Å². The predicted molar refractivity (Wildman–Crippen MR) is 83.1 cm³/mol. The van der Waals surface area contributed by atoms with E-state index in [1.54, 1.807) is 12.1 Å². The van der Waals surface area contributed by atoms with Crippen molar-refractivity contribution in [2.75, 3.05) is 5.32 Å². The predicted octanol–water partition coefficient (Wildman–Crippen LogP) is 3.06. The van der Waals surface area contributed by atoms with Crippen LogP contribution in [0.25, 0.3) is 0 Å². The van der Waals surface area contributed by atoms with Gasteiger partial charge in [-0.05, 0) is 36.2 Å². The molecule has 22 heavy (non-hydrogen) atoms. The van der Waals surface area contributed by atoms with Crippen molar-refractivity contribution >= 4 is 17.7 Å². The summed E-state index contributed by atoms with van der Waals surface area (Å²) >= 11 is 0. The SMILES string of the molecule is O=C(O)NC1CC1c1ccc(NC(=O)c2ccccc2)cc1. The van der Waals surface area contributed by atoms with Gasteiger partial charge in [0, 0.05) is 23.2 Å². The van der Waals surface area contributed by atoms with E-state index in [1.807, 2.05) is 42.5 Å². The maximum atomic E-state index is 12.0. The van der Waals surface area contributed by atoms with Gasteiger partial charge < -0.3 is 15.7 Å². The number of amides is 2. The summed E-state index contributed by atoms with van der Waals surface area (Å²) in [5.74, 6) is 0.0835. The van der Waals surface area contributed by atoms with Crippen molar-refractivity contribution in [3.63, 3.8) is 0 Å². The van der Waals surface area contributed by atoms with Crippen molar-refractivity contribution in [2.24, 2.45) is 0 Å². The van der Waals surface area contributed by atoms with Crippen molar-refractivity contribution < 1.29 is 14.7 Å². The lowest BCUT2D eigenvalue weighted by atomic mass is 10.1. The summed E-state index contributed by atoms with van der Waals surface area (Å²) in [6.45, 7) is 0. The summed E-state index contributed by atoms with van der Waals surface area (Å²) in [6, 6.07) is 16.6. The fourth-order valence-corrected chi connectivity index (χ4v) is 2.49. The van der Waals surface area contributed by atoms with Crippen LogP contribution in [0.15, 0.2) is 54.6 Å². The lowest BCUT2D eigenvalue weighted by molar-refractivity contribution is 0.102. The summed E-state index contributed by atoms with van der Waals surface area (Å²) < 4.78 is 0. The second kappa shape index (κ2) is 5.89. The first-order valence-corrected chi connectivity index (χ1v) is 7.09. The van der Waals surface area contributed by atoms with E-state index in [4.69, 9.17) is 5.11 Å². The monoisotopic (exact) mass is 296 g/mol. The van der Waals surface area contributed by atoms with E-state index in [1.165, 1.54) is 0 Å². The van der Waals surface area contributed by atoms with Crippen LogP contribution in [-0.4, -0.2) is 23.1 Å². The molecule has 0 bridgehead atoms. The van der Waals surface area contributed by atoms with Crippen LogP contribution < -0.4 is 10.6 Å². The first-order chi connectivity index (χ1) is 10.6. The van der Waals surface area contributed by atoms with Crippen LogP contribution in [0.5, 0.6) is 0 Å². The van der Waals surface area contributed by atoms with Crippen LogP contribution in [0.4, 0.5) is 10.5 Å². The Morgan fingerprint density at radius 3 is 2.32 bits per heavy atom. The Kier molecular flexibility index (Phi) is 3.78. The molecule has 1 saturated carbocycles. The van der Waals surface area contributed by atoms with Crippen LogP contribution in [-0.2, 0) is 0 Å². The number of rotatable bonds is 4. The summed E-state index contributed by atoms with van der Waals surface area (Å²) in [5.41, 5.74) is 2.41. The van der Waals surface area contributed by atoms with Crippen LogP contribution in [0.1, 0.15) is 28.3 Å². The van der Waals surface area contributed by atoms with Gasteiger partial charge in [0.05, 0.1) is 0 Å². The van der Waals surface area contributed by atoms with Crippen LogP contribution in [0.3, 0.4) is 0 Å². The van der Waals surface area contributed by atoms with Gasteiger partial charge in [-0.2, -0.15) is 0 Å². The molecule has 2 unspecified atom stereocenters. The molecule has 3 rings (SSSR count). The number of carbonyl (C=O) groups is 2. The van der Waals surface area contributed by atoms with Crippen LogP contribution >= 0.6 is 0 Å². The van der Waals surface area contributed by atoms with Gasteiger partial charge in [-0.25, -0.2) is 4.79 Å². The molecule has 2 amide bonds. The molecule has 2 atom stereocenters. The van der Waals surface area contributed by atoms with Gasteiger partial charge >= 0.3 is 6.09 Å². The normalized spacial score (nSPS) is 19.3. The third-order valence-corrected chi connectivity index (χ3v) is 3.73. The number of hydrogen-bond acceptors (Lipinski definition) is 2. The average Bonchev–Trinajstić information content (AvgIpc) is 3.27. The highest BCUT2D eigenvalue weighted by Gasteiger charge is 2.39. The Morgan fingerprint density at radius 2 is 1.68 bits per heavy atom. The smallest absolute Gasteiger partial charge is 0.404 e. The molecule has 0 heterocycles. The van der Waals surface area contributed by atoms with Gasteiger partial charge in [-0.1, -0.05) is 30.3 Å². The molecule has 5 nitrogen and oxygen atoms in total. The first-order valence-electron chi connectivity index (χ1n) is 7.09. The molecule has 1 aliphatic rings. The third kappa shape index (κ3) is 3.25. The Labute approximate surface area is 128 Å². The summed E-state index contributed by atoms with van der Waals surface area (Å²) in [5, 5.41) is 14.0. The summed E-state index contributed by atoms with van der Waals surface area (Å²) in [7, 11) is 0. The van der Waals surface area contributed by atoms with Gasteiger partial charge in [0.15, 0.2) is 0 Å². The number of anilines is 1. The van der Waals surface area contributed by atoms with E-state index in [-0.39, 0.29) is 17.9 Å². The van der Waals surface area contributed by atoms with Gasteiger partial charge in [0.25, 0.3) is 5.91 Å². The van der Waals surface area contributed by atoms with Gasteiger partial charge in [-0.3, -0.25) is 4.79 Å². The van der Waals surface area contributed by atoms with E-state index in [2.05, 4.69) is 10.6 Å². The second-order valence-electron chi connectivity index (χ2n) is 5.34. The van der Waals surface area contributed by atoms with Crippen molar-refractivity contribution in [1.29, 1.82) is 0 Å². The molecule has 0 aliphatic heterocycles. The Balaban J connectivity index is 1.61. The molecule has 3 N–H and O–H groups in total. The number of benzene rings is 2. The fraction of sp³-hybridized carbons (Fsp3) is 0.176. The average molecular weight is 296 g/mol. The van der Waals surface area contributed by atoms with Crippen LogP contribution in [0.2, 0.25) is 0 Å². The molecule has 1 fully saturated rings. The highest BCUT2D eigenvalue weighted by atomic mass is 16.4. The zero-order valence-electron chi connectivity index (χ0n) is 11.8. The highest BCUT2D eigenvalue weighted by molar-refractivity contribution is 6.04. The molecule has 5 heteroatoms. The van der Waals surface area contributed by atoms with Crippen molar-refractivity contribution in [3.05, 3.63) is 65.7 Å². The number of nitrogens with one attached hydrogen (secondary N) is 2. The number of hydrogen-bond donors (Lipinski definition) is 3. The van der Waals surface area contributed by atoms with E-state index >= 15 is 0 Å². The third-order valence-electron chi connectivity index (χ3n) is 3.73. The van der Waals surface area contributed by atoms with Gasteiger partial charge in [-0.15, -0.1) is 0 Å². The lowest BCUT2D eigenvalue weighted by Crippen LogP contribution is -2.24. The summed E-state index contributed by atoms with van der Waals surface area (Å²) in [4.78, 5) is 22.6. The molecule has 112 valence electrons. The fourth-order valence-electron chi connectivity index (χ4n) is 2.49. The standard InChI is InChI=1S/C17H16N2O3/c20-16(12-4-2-1-3-5-12)18-13-8-6-11(7-9-13)14-10-15(14)19-17(21)22/h1-9,14-15,19H,10H2,(H,18,20)(H,21,22). The first kappa shape index (κ1) is 14.1. The van der Waals surface area contributed by atoms with Gasteiger partial charge in [0.1, 0.15) is 0 Å². The minimum atomic E-state index is -0.987. The van der Waals surface area contributed by atoms with Crippen LogP contribution in [0, 0.1) is 0 Å². The second-order valence-corrected chi connectivity index (χ2v) is 5.34. The molecule has 2 aromatic carbocycles. The zero-order chi connectivity index (χ0) is 15.5. The van der Waals surface area contributed by atoms with Crippen molar-refractivity contribution in [3.8, 4) is 0 Å². The Bertz CT molecular complexity index is 683. The van der Waals surface area contributed by atoms with E-state index in [0.29, 0.717) is 5.56 Å². The van der Waals surface area contributed by atoms with E-state index in [0.717, 1.165) is 17.7 Å². The molecule has 0 aromatic heterocycles. The van der Waals surface area contributed by atoms with E-state index < -0.39 is 6.09 Å². The zero-order valence-corrected chi connectivity index (χ0v) is 11.8. The molecule has 2 aromatic rings. The topological polar surface area (TPSA) is 78.4 Å². The largest absolute Gasteiger partial charge is 0.465 e. The minimum Gasteiger partial charge on any atom is -0.465 e. The Morgan fingerprint density at radius 1 is 1.00 bits per heavy atom. The lowest BCUT2D eigenvalue weighted by Gasteiger charge is -2.07. The number of carbonyl (C=O) groups excluding carboxylic acids is 1. The highest BCUT2D eigenvalue weighted by Crippen LogP contribution is 2.40. The maximum Gasteiger partial charge on any atom is 0.404 e. The van der Waals surface area contributed by atoms with Gasteiger partial charge in [0.2, 0.25) is 0 Å².